The molecule has 1 aromatic rings. The van der Waals surface area contributed by atoms with Gasteiger partial charge in [-0.3, -0.25) is 0 Å². The predicted octanol–water partition coefficient (Wildman–Crippen LogP) is 3.74. The molecule has 100 valence electrons. The van der Waals surface area contributed by atoms with Crippen molar-refractivity contribution in [1.82, 2.24) is 5.32 Å². The zero-order valence-electron chi connectivity index (χ0n) is 10.5. The average molecular weight is 255 g/mol. The Balaban J connectivity index is 2.23. The van der Waals surface area contributed by atoms with Crippen LogP contribution in [0.3, 0.4) is 0 Å². The third kappa shape index (κ3) is 2.99. The molecule has 0 aliphatic heterocycles. The monoisotopic (exact) mass is 255 g/mol. The molecule has 0 spiro atoms. The Hall–Kier alpha value is -1.16. The lowest BCUT2D eigenvalue weighted by atomic mass is 9.91. The Morgan fingerprint density at radius 1 is 1.22 bits per heavy atom. The first-order valence-electron chi connectivity index (χ1n) is 6.43. The van der Waals surface area contributed by atoms with Gasteiger partial charge in [-0.15, -0.1) is 0 Å². The number of hydrogen-bond donors (Lipinski definition) is 1. The molecule has 0 heterocycles. The topological polar surface area (TPSA) is 21.3 Å². The average Bonchev–Trinajstić information content (AvgIpc) is 2.85. The highest BCUT2D eigenvalue weighted by Gasteiger charge is 2.27. The highest BCUT2D eigenvalue weighted by atomic mass is 19.3. The van der Waals surface area contributed by atoms with Crippen molar-refractivity contribution in [1.29, 1.82) is 0 Å². The lowest BCUT2D eigenvalue weighted by Crippen LogP contribution is -2.24. The van der Waals surface area contributed by atoms with Crippen molar-refractivity contribution in [3.05, 3.63) is 29.8 Å². The molecule has 1 aliphatic rings. The number of nitrogens with one attached hydrogen (secondary N) is 1. The Kier molecular flexibility index (Phi) is 4.53. The molecule has 1 atom stereocenters. The molecule has 2 nitrogen and oxygen atoms in total. The Morgan fingerprint density at radius 3 is 2.50 bits per heavy atom. The smallest absolute Gasteiger partial charge is 0.387 e. The summed E-state index contributed by atoms with van der Waals surface area (Å²) < 4.78 is 29.4. The van der Waals surface area contributed by atoms with Crippen LogP contribution in [0.4, 0.5) is 8.78 Å². The van der Waals surface area contributed by atoms with Gasteiger partial charge < -0.3 is 10.1 Å². The van der Waals surface area contributed by atoms with Gasteiger partial charge in [0.1, 0.15) is 5.75 Å². The minimum Gasteiger partial charge on any atom is -0.434 e. The lowest BCUT2D eigenvalue weighted by molar-refractivity contribution is -0.0508. The molecule has 1 saturated carbocycles. The zero-order valence-corrected chi connectivity index (χ0v) is 10.5. The van der Waals surface area contributed by atoms with Gasteiger partial charge in [0.25, 0.3) is 0 Å². The number of ether oxygens (including phenoxy) is 1. The zero-order chi connectivity index (χ0) is 13.0. The fourth-order valence-electron chi connectivity index (χ4n) is 2.88. The summed E-state index contributed by atoms with van der Waals surface area (Å²) in [6, 6.07) is 7.18. The highest BCUT2D eigenvalue weighted by Crippen LogP contribution is 2.38. The van der Waals surface area contributed by atoms with E-state index >= 15 is 0 Å². The highest BCUT2D eigenvalue weighted by molar-refractivity contribution is 5.36. The molecule has 2 rings (SSSR count). The fourth-order valence-corrected chi connectivity index (χ4v) is 2.88. The van der Waals surface area contributed by atoms with E-state index in [1.165, 1.54) is 12.8 Å². The van der Waals surface area contributed by atoms with Gasteiger partial charge in [-0.05, 0) is 31.9 Å². The van der Waals surface area contributed by atoms with Crippen LogP contribution in [-0.2, 0) is 0 Å². The minimum absolute atomic E-state index is 0.0995. The van der Waals surface area contributed by atoms with E-state index in [0.29, 0.717) is 11.7 Å². The maximum Gasteiger partial charge on any atom is 0.387 e. The normalized spacial score (nSPS) is 18.2. The molecule has 1 unspecified atom stereocenters. The summed E-state index contributed by atoms with van der Waals surface area (Å²) in [6.45, 7) is -2.77. The van der Waals surface area contributed by atoms with Crippen molar-refractivity contribution < 1.29 is 13.5 Å². The Labute approximate surface area is 106 Å². The van der Waals surface area contributed by atoms with Gasteiger partial charge in [-0.25, -0.2) is 0 Å². The van der Waals surface area contributed by atoms with Crippen molar-refractivity contribution >= 4 is 0 Å². The van der Waals surface area contributed by atoms with Crippen molar-refractivity contribution in [2.24, 2.45) is 5.92 Å². The number of alkyl halides is 2. The molecule has 18 heavy (non-hydrogen) atoms. The van der Waals surface area contributed by atoms with E-state index in [2.05, 4.69) is 10.1 Å². The van der Waals surface area contributed by atoms with Gasteiger partial charge in [0, 0.05) is 11.6 Å². The van der Waals surface area contributed by atoms with Crippen LogP contribution in [0, 0.1) is 5.92 Å². The van der Waals surface area contributed by atoms with Crippen molar-refractivity contribution in [3.8, 4) is 5.75 Å². The molecule has 1 N–H and O–H groups in total. The Morgan fingerprint density at radius 2 is 1.89 bits per heavy atom. The molecule has 4 heteroatoms. The van der Waals surface area contributed by atoms with E-state index in [1.54, 1.807) is 12.1 Å². The van der Waals surface area contributed by atoms with Crippen LogP contribution in [0.5, 0.6) is 5.75 Å². The van der Waals surface area contributed by atoms with E-state index in [-0.39, 0.29) is 6.04 Å². The van der Waals surface area contributed by atoms with E-state index in [1.807, 2.05) is 19.2 Å². The van der Waals surface area contributed by atoms with Crippen LogP contribution in [0.2, 0.25) is 0 Å². The summed E-state index contributed by atoms with van der Waals surface area (Å²) in [5.74, 6) is 0.802. The van der Waals surface area contributed by atoms with Crippen molar-refractivity contribution in [2.75, 3.05) is 7.05 Å². The van der Waals surface area contributed by atoms with E-state index in [4.69, 9.17) is 0 Å². The van der Waals surface area contributed by atoms with Crippen molar-refractivity contribution in [2.45, 2.75) is 38.3 Å². The number of benzene rings is 1. The molecule has 0 radical (unpaired) electrons. The van der Waals surface area contributed by atoms with Crippen molar-refractivity contribution in [3.63, 3.8) is 0 Å². The summed E-state index contributed by atoms with van der Waals surface area (Å²) in [7, 11) is 1.88. The fraction of sp³-hybridized carbons (Fsp3) is 0.571. The van der Waals surface area contributed by atoms with Gasteiger partial charge in [-0.2, -0.15) is 8.78 Å². The molecular formula is C14H19F2NO. The second-order valence-electron chi connectivity index (χ2n) is 4.73. The van der Waals surface area contributed by atoms with Crippen LogP contribution >= 0.6 is 0 Å². The number of hydrogen-bond acceptors (Lipinski definition) is 2. The number of para-hydroxylation sites is 1. The van der Waals surface area contributed by atoms with Gasteiger partial charge in [0.2, 0.25) is 0 Å². The van der Waals surface area contributed by atoms with Crippen LogP contribution in [0.25, 0.3) is 0 Å². The van der Waals surface area contributed by atoms with Crippen LogP contribution in [0.1, 0.15) is 37.3 Å². The van der Waals surface area contributed by atoms with Crippen LogP contribution in [0.15, 0.2) is 24.3 Å². The summed E-state index contributed by atoms with van der Waals surface area (Å²) in [6.07, 6.45) is 4.74. The van der Waals surface area contributed by atoms with Gasteiger partial charge in [-0.1, -0.05) is 31.0 Å². The van der Waals surface area contributed by atoms with Crippen LogP contribution < -0.4 is 10.1 Å². The SMILES string of the molecule is CNC(c1ccccc1OC(F)F)C1CCCC1. The first-order chi connectivity index (χ1) is 8.72. The summed E-state index contributed by atoms with van der Waals surface area (Å²) in [5, 5.41) is 3.25. The number of halogens is 2. The van der Waals surface area contributed by atoms with E-state index < -0.39 is 6.61 Å². The van der Waals surface area contributed by atoms with Gasteiger partial charge in [0.15, 0.2) is 0 Å². The molecule has 0 bridgehead atoms. The third-order valence-electron chi connectivity index (χ3n) is 3.65. The summed E-state index contributed by atoms with van der Waals surface area (Å²) in [5.41, 5.74) is 0.840. The minimum atomic E-state index is -2.77. The molecule has 0 saturated heterocycles. The molecular weight excluding hydrogens is 236 g/mol. The second kappa shape index (κ2) is 6.14. The molecule has 1 fully saturated rings. The largest absolute Gasteiger partial charge is 0.434 e. The standard InChI is InChI=1S/C14H19F2NO/c1-17-13(10-6-2-3-7-10)11-8-4-5-9-12(11)18-14(15)16/h4-5,8-10,13-14,17H,2-3,6-7H2,1H3. The third-order valence-corrected chi connectivity index (χ3v) is 3.65. The molecule has 1 aromatic carbocycles. The first-order valence-corrected chi connectivity index (χ1v) is 6.43. The summed E-state index contributed by atoms with van der Waals surface area (Å²) >= 11 is 0. The maximum absolute atomic E-state index is 12.4. The number of rotatable bonds is 5. The molecule has 0 aromatic heterocycles. The maximum atomic E-state index is 12.4. The van der Waals surface area contributed by atoms with Gasteiger partial charge in [0.05, 0.1) is 0 Å². The predicted molar refractivity (Wildman–Crippen MR) is 66.8 cm³/mol. The molecule has 1 aliphatic carbocycles. The quantitative estimate of drug-likeness (QED) is 0.865. The van der Waals surface area contributed by atoms with Gasteiger partial charge >= 0.3 is 6.61 Å². The lowest BCUT2D eigenvalue weighted by Gasteiger charge is -2.25. The van der Waals surface area contributed by atoms with E-state index in [9.17, 15) is 8.78 Å². The molecule has 0 amide bonds. The Bertz CT molecular complexity index is 378. The van der Waals surface area contributed by atoms with Crippen LogP contribution in [-0.4, -0.2) is 13.7 Å². The second-order valence-corrected chi connectivity index (χ2v) is 4.73. The first kappa shape index (κ1) is 13.3. The van der Waals surface area contributed by atoms with E-state index in [0.717, 1.165) is 18.4 Å². The summed E-state index contributed by atoms with van der Waals surface area (Å²) in [4.78, 5) is 0.